The summed E-state index contributed by atoms with van der Waals surface area (Å²) in [6.45, 7) is 0.198. The van der Waals surface area contributed by atoms with Gasteiger partial charge in [0.2, 0.25) is 0 Å². The zero-order chi connectivity index (χ0) is 13.8. The molecule has 2 N–H and O–H groups in total. The van der Waals surface area contributed by atoms with E-state index in [0.717, 1.165) is 5.56 Å². The largest absolute Gasteiger partial charge is 0.399 e. The van der Waals surface area contributed by atoms with Gasteiger partial charge in [0.1, 0.15) is 5.92 Å². The van der Waals surface area contributed by atoms with Gasteiger partial charge in [0, 0.05) is 13.1 Å². The molecule has 0 aliphatic rings. The molecule has 100 valence electrons. The second-order valence-corrected chi connectivity index (χ2v) is 4.65. The van der Waals surface area contributed by atoms with Crippen molar-refractivity contribution < 1.29 is 13.2 Å². The molecule has 0 aliphatic carbocycles. The van der Waals surface area contributed by atoms with Crippen LogP contribution in [-0.4, -0.2) is 29.7 Å². The zero-order valence-corrected chi connectivity index (χ0v) is 10.8. The van der Waals surface area contributed by atoms with Crippen LogP contribution in [0.1, 0.15) is 5.56 Å². The summed E-state index contributed by atoms with van der Waals surface area (Å²) < 4.78 is 38.0. The Balaban J connectivity index is 2.63. The van der Waals surface area contributed by atoms with Crippen LogP contribution in [0, 0.1) is 5.92 Å². The van der Waals surface area contributed by atoms with Gasteiger partial charge in [-0.05, 0) is 12.6 Å². The number of alkyl halides is 3. The van der Waals surface area contributed by atoms with Gasteiger partial charge in [0.15, 0.2) is 0 Å². The first-order valence-electron chi connectivity index (χ1n) is 5.39. The number of benzene rings is 1. The Morgan fingerprint density at radius 3 is 2.33 bits per heavy atom. The van der Waals surface area contributed by atoms with Crippen molar-refractivity contribution in [1.29, 1.82) is 0 Å². The molecule has 18 heavy (non-hydrogen) atoms. The standard InChI is InChI=1S/C12H15F3N2S/c1-17(7-9-5-3-2-4-6-9)8-10(11(16)18)12(13,14)15/h2-6,10H,7-8H2,1H3,(H2,16,18). The summed E-state index contributed by atoms with van der Waals surface area (Å²) in [6.07, 6.45) is -4.39. The number of thiocarbonyl (C=S) groups is 1. The summed E-state index contributed by atoms with van der Waals surface area (Å²) in [4.78, 5) is 1.05. The van der Waals surface area contributed by atoms with Crippen LogP contribution in [-0.2, 0) is 6.54 Å². The van der Waals surface area contributed by atoms with E-state index in [-0.39, 0.29) is 6.54 Å². The molecule has 0 amide bonds. The number of rotatable bonds is 5. The molecule has 1 aromatic rings. The number of halogens is 3. The molecule has 0 saturated carbocycles. The second kappa shape index (κ2) is 6.15. The molecule has 0 spiro atoms. The van der Waals surface area contributed by atoms with E-state index in [1.54, 1.807) is 11.9 Å². The smallest absolute Gasteiger partial charge is 0.393 e. The topological polar surface area (TPSA) is 29.3 Å². The quantitative estimate of drug-likeness (QED) is 0.838. The van der Waals surface area contributed by atoms with E-state index in [2.05, 4.69) is 12.2 Å². The zero-order valence-electron chi connectivity index (χ0n) is 9.95. The maximum absolute atomic E-state index is 12.7. The summed E-state index contributed by atoms with van der Waals surface area (Å²) in [6, 6.07) is 9.27. The Hall–Kier alpha value is -1.14. The average molecular weight is 276 g/mol. The third-order valence-electron chi connectivity index (χ3n) is 2.53. The van der Waals surface area contributed by atoms with E-state index >= 15 is 0 Å². The summed E-state index contributed by atoms with van der Waals surface area (Å²) in [5, 5.41) is 0. The lowest BCUT2D eigenvalue weighted by atomic mass is 10.1. The van der Waals surface area contributed by atoms with Crippen molar-refractivity contribution in [2.24, 2.45) is 11.7 Å². The van der Waals surface area contributed by atoms with Crippen LogP contribution in [0.2, 0.25) is 0 Å². The molecule has 2 nitrogen and oxygen atoms in total. The molecular weight excluding hydrogens is 261 g/mol. The van der Waals surface area contributed by atoms with Crippen molar-refractivity contribution >= 4 is 17.2 Å². The van der Waals surface area contributed by atoms with E-state index in [1.807, 2.05) is 30.3 Å². The summed E-state index contributed by atoms with van der Waals surface area (Å²) in [5.74, 6) is -1.76. The monoisotopic (exact) mass is 276 g/mol. The number of hydrogen-bond donors (Lipinski definition) is 1. The molecule has 0 bridgehead atoms. The predicted molar refractivity (Wildman–Crippen MR) is 69.1 cm³/mol. The predicted octanol–water partition coefficient (Wildman–Crippen LogP) is 2.58. The summed E-state index contributed by atoms with van der Waals surface area (Å²) >= 11 is 4.48. The molecule has 1 atom stereocenters. The minimum Gasteiger partial charge on any atom is -0.393 e. The lowest BCUT2D eigenvalue weighted by Crippen LogP contribution is -2.42. The minimum atomic E-state index is -4.39. The lowest BCUT2D eigenvalue weighted by Gasteiger charge is -2.25. The Morgan fingerprint density at radius 1 is 1.33 bits per heavy atom. The molecule has 0 aliphatic heterocycles. The van der Waals surface area contributed by atoms with Gasteiger partial charge >= 0.3 is 6.18 Å². The molecule has 0 heterocycles. The Bertz CT molecular complexity index is 392. The van der Waals surface area contributed by atoms with Crippen LogP contribution in [0.4, 0.5) is 13.2 Å². The SMILES string of the molecule is CN(Cc1ccccc1)CC(C(N)=S)C(F)(F)F. The molecule has 0 fully saturated rings. The van der Waals surface area contributed by atoms with Crippen molar-refractivity contribution in [2.45, 2.75) is 12.7 Å². The van der Waals surface area contributed by atoms with E-state index in [0.29, 0.717) is 6.54 Å². The molecule has 1 unspecified atom stereocenters. The van der Waals surface area contributed by atoms with Gasteiger partial charge in [-0.15, -0.1) is 0 Å². The van der Waals surface area contributed by atoms with Crippen LogP contribution in [0.5, 0.6) is 0 Å². The van der Waals surface area contributed by atoms with Gasteiger partial charge in [0.25, 0.3) is 0 Å². The number of nitrogens with zero attached hydrogens (tertiary/aromatic N) is 1. The Labute approximate surface area is 110 Å². The fourth-order valence-electron chi connectivity index (χ4n) is 1.63. The first kappa shape index (κ1) is 14.9. The number of hydrogen-bond acceptors (Lipinski definition) is 2. The van der Waals surface area contributed by atoms with Gasteiger partial charge in [-0.1, -0.05) is 42.5 Å². The van der Waals surface area contributed by atoms with Crippen molar-refractivity contribution in [3.8, 4) is 0 Å². The summed E-state index contributed by atoms with van der Waals surface area (Å²) in [5.41, 5.74) is 6.10. The van der Waals surface area contributed by atoms with Crippen LogP contribution >= 0.6 is 12.2 Å². The summed E-state index contributed by atoms with van der Waals surface area (Å²) in [7, 11) is 1.62. The highest BCUT2D eigenvalue weighted by molar-refractivity contribution is 7.80. The van der Waals surface area contributed by atoms with Crippen molar-refractivity contribution in [3.63, 3.8) is 0 Å². The highest BCUT2D eigenvalue weighted by Crippen LogP contribution is 2.27. The third-order valence-corrected chi connectivity index (χ3v) is 2.81. The van der Waals surface area contributed by atoms with Gasteiger partial charge in [-0.25, -0.2) is 0 Å². The highest BCUT2D eigenvalue weighted by Gasteiger charge is 2.42. The van der Waals surface area contributed by atoms with Crippen molar-refractivity contribution in [3.05, 3.63) is 35.9 Å². The minimum absolute atomic E-state index is 0.228. The maximum Gasteiger partial charge on any atom is 0.399 e. The molecule has 0 saturated heterocycles. The van der Waals surface area contributed by atoms with Gasteiger partial charge in [-0.3, -0.25) is 0 Å². The fourth-order valence-corrected chi connectivity index (χ4v) is 1.83. The van der Waals surface area contributed by atoms with E-state index in [9.17, 15) is 13.2 Å². The van der Waals surface area contributed by atoms with Crippen molar-refractivity contribution in [2.75, 3.05) is 13.6 Å². The van der Waals surface area contributed by atoms with Crippen LogP contribution < -0.4 is 5.73 Å². The highest BCUT2D eigenvalue weighted by atomic mass is 32.1. The Kier molecular flexibility index (Phi) is 5.10. The lowest BCUT2D eigenvalue weighted by molar-refractivity contribution is -0.158. The molecule has 1 rings (SSSR count). The average Bonchev–Trinajstić information content (AvgIpc) is 2.25. The van der Waals surface area contributed by atoms with Crippen molar-refractivity contribution in [1.82, 2.24) is 4.90 Å². The molecule has 1 aromatic carbocycles. The van der Waals surface area contributed by atoms with E-state index in [4.69, 9.17) is 5.73 Å². The second-order valence-electron chi connectivity index (χ2n) is 4.18. The molecule has 6 heteroatoms. The van der Waals surface area contributed by atoms with Crippen LogP contribution in [0.25, 0.3) is 0 Å². The van der Waals surface area contributed by atoms with Gasteiger partial charge in [0.05, 0.1) is 4.99 Å². The van der Waals surface area contributed by atoms with Gasteiger partial charge < -0.3 is 10.6 Å². The molecular formula is C12H15F3N2S. The van der Waals surface area contributed by atoms with E-state index < -0.39 is 17.1 Å². The third kappa shape index (κ3) is 4.62. The fraction of sp³-hybridized carbons (Fsp3) is 0.417. The van der Waals surface area contributed by atoms with E-state index in [1.165, 1.54) is 0 Å². The Morgan fingerprint density at radius 2 is 1.89 bits per heavy atom. The first-order valence-corrected chi connectivity index (χ1v) is 5.80. The normalized spacial score (nSPS) is 13.6. The first-order chi connectivity index (χ1) is 8.30. The van der Waals surface area contributed by atoms with Gasteiger partial charge in [-0.2, -0.15) is 13.2 Å². The number of nitrogens with two attached hydrogens (primary N) is 1. The molecule has 0 radical (unpaired) electrons. The molecule has 0 aromatic heterocycles. The maximum atomic E-state index is 12.7. The van der Waals surface area contributed by atoms with Crippen LogP contribution in [0.15, 0.2) is 30.3 Å². The van der Waals surface area contributed by atoms with Crippen LogP contribution in [0.3, 0.4) is 0 Å².